The Bertz CT molecular complexity index is 293. The first kappa shape index (κ1) is 10.2. The molecule has 0 aliphatic carbocycles. The van der Waals surface area contributed by atoms with E-state index in [1.807, 2.05) is 0 Å². The lowest BCUT2D eigenvalue weighted by Crippen LogP contribution is -2.32. The summed E-state index contributed by atoms with van der Waals surface area (Å²) in [5, 5.41) is 0.408. The minimum atomic E-state index is -1.14. The van der Waals surface area contributed by atoms with E-state index in [1.165, 1.54) is 6.92 Å². The molecular formula is C8H9NO5. The van der Waals surface area contributed by atoms with Crippen molar-refractivity contribution in [3.05, 3.63) is 12.3 Å². The minimum Gasteiger partial charge on any atom is -0.399 e. The molecule has 76 valence electrons. The number of hydrogen-bond acceptors (Lipinski definition) is 5. The zero-order valence-corrected chi connectivity index (χ0v) is 7.61. The molecule has 1 saturated heterocycles. The Morgan fingerprint density at radius 3 is 2.29 bits per heavy atom. The van der Waals surface area contributed by atoms with Crippen molar-refractivity contribution in [1.29, 1.82) is 0 Å². The van der Waals surface area contributed by atoms with Gasteiger partial charge in [0.15, 0.2) is 0 Å². The van der Waals surface area contributed by atoms with Crippen LogP contribution in [-0.2, 0) is 19.2 Å². The number of hydroxylamine groups is 2. The van der Waals surface area contributed by atoms with Gasteiger partial charge in [0.25, 0.3) is 11.8 Å². The van der Waals surface area contributed by atoms with Crippen LogP contribution in [0.1, 0.15) is 19.8 Å². The Morgan fingerprint density at radius 2 is 1.86 bits per heavy atom. The lowest BCUT2D eigenvalue weighted by atomic mass is 10.4. The highest BCUT2D eigenvalue weighted by atomic mass is 16.8. The maximum Gasteiger partial charge on any atom is 0.539 e. The van der Waals surface area contributed by atoms with Crippen molar-refractivity contribution in [2.24, 2.45) is 0 Å². The zero-order valence-electron chi connectivity index (χ0n) is 7.61. The third-order valence-electron chi connectivity index (χ3n) is 1.43. The highest BCUT2D eigenvalue weighted by molar-refractivity contribution is 6.01. The molecule has 1 rings (SSSR count). The van der Waals surface area contributed by atoms with Crippen molar-refractivity contribution in [2.45, 2.75) is 19.8 Å². The van der Waals surface area contributed by atoms with Gasteiger partial charge in [-0.15, -0.1) is 0 Å². The molecule has 0 atom stereocenters. The van der Waals surface area contributed by atoms with E-state index in [-0.39, 0.29) is 18.6 Å². The molecule has 2 amide bonds. The standard InChI is InChI=1S/C8H9NO5/c1-5(2)13-8(12)14-9-6(10)3-4-7(9)11/h1,3-4H2,2H3. The molecule has 0 unspecified atom stereocenters. The van der Waals surface area contributed by atoms with E-state index in [4.69, 9.17) is 0 Å². The third-order valence-corrected chi connectivity index (χ3v) is 1.43. The van der Waals surface area contributed by atoms with Crippen LogP contribution in [0.15, 0.2) is 12.3 Å². The lowest BCUT2D eigenvalue weighted by Gasteiger charge is -2.11. The topological polar surface area (TPSA) is 72.9 Å². The predicted octanol–water partition coefficient (Wildman–Crippen LogP) is 0.737. The summed E-state index contributed by atoms with van der Waals surface area (Å²) < 4.78 is 4.41. The number of amides is 2. The average Bonchev–Trinajstić information content (AvgIpc) is 2.34. The van der Waals surface area contributed by atoms with Gasteiger partial charge in [0.05, 0.1) is 0 Å². The normalized spacial score (nSPS) is 15.6. The summed E-state index contributed by atoms with van der Waals surface area (Å²) in [6.07, 6.45) is -1.03. The lowest BCUT2D eigenvalue weighted by molar-refractivity contribution is -0.175. The SMILES string of the molecule is C=C(C)OC(=O)ON1C(=O)CCC1=O. The van der Waals surface area contributed by atoms with Crippen LogP contribution in [0, 0.1) is 0 Å². The van der Waals surface area contributed by atoms with Gasteiger partial charge in [0, 0.05) is 12.8 Å². The maximum atomic E-state index is 11.0. The third kappa shape index (κ3) is 2.32. The Balaban J connectivity index is 2.51. The number of carbonyl (C=O) groups is 3. The molecule has 0 spiro atoms. The van der Waals surface area contributed by atoms with Gasteiger partial charge < -0.3 is 4.74 Å². The van der Waals surface area contributed by atoms with E-state index in [2.05, 4.69) is 16.2 Å². The van der Waals surface area contributed by atoms with Crippen molar-refractivity contribution in [1.82, 2.24) is 5.06 Å². The molecule has 6 nitrogen and oxygen atoms in total. The number of rotatable bonds is 2. The smallest absolute Gasteiger partial charge is 0.399 e. The largest absolute Gasteiger partial charge is 0.539 e. The van der Waals surface area contributed by atoms with Crippen LogP contribution in [0.2, 0.25) is 0 Å². The molecular weight excluding hydrogens is 190 g/mol. The number of carbonyl (C=O) groups excluding carboxylic acids is 3. The fraction of sp³-hybridized carbons (Fsp3) is 0.375. The number of allylic oxidation sites excluding steroid dienone is 1. The first-order valence-electron chi connectivity index (χ1n) is 3.92. The summed E-state index contributed by atoms with van der Waals surface area (Å²) in [4.78, 5) is 37.1. The van der Waals surface area contributed by atoms with E-state index in [0.717, 1.165) is 0 Å². The number of nitrogens with zero attached hydrogens (tertiary/aromatic N) is 1. The fourth-order valence-corrected chi connectivity index (χ4v) is 0.893. The van der Waals surface area contributed by atoms with E-state index < -0.39 is 18.0 Å². The van der Waals surface area contributed by atoms with Gasteiger partial charge in [0.2, 0.25) is 0 Å². The molecule has 1 fully saturated rings. The summed E-state index contributed by atoms with van der Waals surface area (Å²) in [7, 11) is 0. The molecule has 0 aromatic carbocycles. The summed E-state index contributed by atoms with van der Waals surface area (Å²) in [6.45, 7) is 4.74. The molecule has 1 aliphatic heterocycles. The number of imide groups is 1. The van der Waals surface area contributed by atoms with E-state index in [9.17, 15) is 14.4 Å². The van der Waals surface area contributed by atoms with Crippen molar-refractivity contribution in [3.8, 4) is 0 Å². The molecule has 1 heterocycles. The Kier molecular flexibility index (Phi) is 2.85. The molecule has 0 N–H and O–H groups in total. The van der Waals surface area contributed by atoms with Gasteiger partial charge in [-0.2, -0.15) is 0 Å². The Morgan fingerprint density at radius 1 is 1.36 bits per heavy atom. The molecule has 0 bridgehead atoms. The van der Waals surface area contributed by atoms with Crippen LogP contribution in [0.3, 0.4) is 0 Å². The summed E-state index contributed by atoms with van der Waals surface area (Å²) in [5.41, 5.74) is 0. The second-order valence-electron chi connectivity index (χ2n) is 2.73. The molecule has 1 aliphatic rings. The van der Waals surface area contributed by atoms with Gasteiger partial charge in [-0.05, 0) is 6.92 Å². The van der Waals surface area contributed by atoms with E-state index >= 15 is 0 Å². The fourth-order valence-electron chi connectivity index (χ4n) is 0.893. The van der Waals surface area contributed by atoms with E-state index in [0.29, 0.717) is 5.06 Å². The summed E-state index contributed by atoms with van der Waals surface area (Å²) >= 11 is 0. The van der Waals surface area contributed by atoms with Crippen LogP contribution >= 0.6 is 0 Å². The highest BCUT2D eigenvalue weighted by Crippen LogP contribution is 2.12. The first-order chi connectivity index (χ1) is 6.50. The second kappa shape index (κ2) is 3.91. The highest BCUT2D eigenvalue weighted by Gasteiger charge is 2.33. The van der Waals surface area contributed by atoms with Gasteiger partial charge in [0.1, 0.15) is 5.76 Å². The first-order valence-corrected chi connectivity index (χ1v) is 3.92. The average molecular weight is 199 g/mol. The molecule has 0 saturated carbocycles. The van der Waals surface area contributed by atoms with Crippen LogP contribution in [0.4, 0.5) is 4.79 Å². The molecule has 14 heavy (non-hydrogen) atoms. The van der Waals surface area contributed by atoms with Gasteiger partial charge in [-0.25, -0.2) is 4.79 Å². The van der Waals surface area contributed by atoms with Crippen molar-refractivity contribution >= 4 is 18.0 Å². The minimum absolute atomic E-state index is 0.0547. The van der Waals surface area contributed by atoms with Crippen LogP contribution in [0.25, 0.3) is 0 Å². The molecule has 0 aromatic heterocycles. The quantitative estimate of drug-likeness (QED) is 0.372. The van der Waals surface area contributed by atoms with Gasteiger partial charge >= 0.3 is 6.16 Å². The van der Waals surface area contributed by atoms with Gasteiger partial charge in [-0.1, -0.05) is 11.6 Å². The maximum absolute atomic E-state index is 11.0. The molecule has 0 aromatic rings. The summed E-state index contributed by atoms with van der Waals surface area (Å²) in [6, 6.07) is 0. The van der Waals surface area contributed by atoms with Crippen LogP contribution in [0.5, 0.6) is 0 Å². The van der Waals surface area contributed by atoms with Crippen LogP contribution < -0.4 is 0 Å². The molecule has 6 heteroatoms. The summed E-state index contributed by atoms with van der Waals surface area (Å²) in [5.74, 6) is -0.976. The Labute approximate surface area is 80.0 Å². The van der Waals surface area contributed by atoms with Crippen LogP contribution in [-0.4, -0.2) is 23.0 Å². The van der Waals surface area contributed by atoms with Crippen molar-refractivity contribution < 1.29 is 24.0 Å². The van der Waals surface area contributed by atoms with Crippen molar-refractivity contribution in [3.63, 3.8) is 0 Å². The zero-order chi connectivity index (χ0) is 10.7. The number of hydrogen-bond donors (Lipinski definition) is 0. The van der Waals surface area contributed by atoms with Gasteiger partial charge in [-0.3, -0.25) is 14.4 Å². The predicted molar refractivity (Wildman–Crippen MR) is 43.5 cm³/mol. The monoisotopic (exact) mass is 199 g/mol. The number of ether oxygens (including phenoxy) is 1. The van der Waals surface area contributed by atoms with Crippen molar-refractivity contribution in [2.75, 3.05) is 0 Å². The molecule has 0 radical (unpaired) electrons. The second-order valence-corrected chi connectivity index (χ2v) is 2.73. The Hall–Kier alpha value is -1.85. The van der Waals surface area contributed by atoms with E-state index in [1.54, 1.807) is 0 Å².